The van der Waals surface area contributed by atoms with Crippen LogP contribution in [0, 0.1) is 0 Å². The fourth-order valence-electron chi connectivity index (χ4n) is 3.80. The number of hydrogen-bond donors (Lipinski definition) is 1. The third-order valence-electron chi connectivity index (χ3n) is 4.89. The van der Waals surface area contributed by atoms with Gasteiger partial charge in [-0.25, -0.2) is 0 Å². The lowest BCUT2D eigenvalue weighted by Gasteiger charge is -2.42. The van der Waals surface area contributed by atoms with Gasteiger partial charge in [0.15, 0.2) is 6.04 Å². The van der Waals surface area contributed by atoms with Crippen molar-refractivity contribution in [2.75, 3.05) is 19.1 Å². The zero-order chi connectivity index (χ0) is 14.7. The molecule has 0 radical (unpaired) electrons. The Morgan fingerprint density at radius 2 is 1.81 bits per heavy atom. The van der Waals surface area contributed by atoms with Crippen LogP contribution in [0.5, 0.6) is 0 Å². The maximum atomic E-state index is 3.82. The van der Waals surface area contributed by atoms with E-state index in [0.29, 0.717) is 6.04 Å². The Morgan fingerprint density at radius 1 is 1.10 bits per heavy atom. The van der Waals surface area contributed by atoms with E-state index in [1.54, 1.807) is 11.9 Å². The Hall–Kier alpha value is -0.200. The Balaban J connectivity index is 1.94. The first-order chi connectivity index (χ1) is 10.3. The van der Waals surface area contributed by atoms with E-state index in [9.17, 15) is 0 Å². The average molecular weight is 325 g/mol. The molecule has 3 nitrogen and oxygen atoms in total. The minimum Gasteiger partial charge on any atom is -0.161 e. The molecule has 0 amide bonds. The third kappa shape index (κ3) is 2.99. The van der Waals surface area contributed by atoms with Gasteiger partial charge in [0.05, 0.1) is 18.5 Å². The summed E-state index contributed by atoms with van der Waals surface area (Å²) in [6.07, 6.45) is 11.3. The topological polar surface area (TPSA) is 15.3 Å². The van der Waals surface area contributed by atoms with Crippen LogP contribution in [0.4, 0.5) is 0 Å². The lowest BCUT2D eigenvalue weighted by Crippen LogP contribution is -2.57. The summed E-state index contributed by atoms with van der Waals surface area (Å²) in [6.45, 7) is 1.07. The van der Waals surface area contributed by atoms with Crippen LogP contribution in [0.25, 0.3) is 0 Å². The molecule has 116 valence electrons. The lowest BCUT2D eigenvalue weighted by atomic mass is 9.93. The Kier molecular flexibility index (Phi) is 5.17. The normalized spacial score (nSPS) is 31.6. The maximum absolute atomic E-state index is 3.82. The van der Waals surface area contributed by atoms with Crippen LogP contribution in [0.15, 0.2) is 30.3 Å². The van der Waals surface area contributed by atoms with E-state index < -0.39 is 0 Å². The van der Waals surface area contributed by atoms with Crippen molar-refractivity contribution in [3.05, 3.63) is 35.9 Å². The first-order valence-electron chi connectivity index (χ1n) is 7.89. The second kappa shape index (κ2) is 6.92. The number of rotatable bonds is 4. The summed E-state index contributed by atoms with van der Waals surface area (Å²) >= 11 is 3.79. The Morgan fingerprint density at radius 3 is 2.43 bits per heavy atom. The monoisotopic (exact) mass is 324 g/mol. The summed E-state index contributed by atoms with van der Waals surface area (Å²) < 4.78 is 3.29. The third-order valence-corrected chi connectivity index (χ3v) is 6.80. The molecule has 2 atom stereocenters. The molecule has 1 aromatic carbocycles. The Bertz CT molecular complexity index is 450. The standard InChI is InChI=1S/C16H26N3S2/c1-20-18-13-16(14-9-5-3-6-10-14)19(17-18,21-2)15-11-7-4-8-12-15/h3,5-6,9-10,15-17H,4,7-8,11-13H2,1-2H3/q+1. The Labute approximate surface area is 137 Å². The highest BCUT2D eigenvalue weighted by Gasteiger charge is 2.53. The summed E-state index contributed by atoms with van der Waals surface area (Å²) in [5.41, 5.74) is 5.28. The molecule has 1 saturated carbocycles. The molecule has 3 rings (SSSR count). The van der Waals surface area contributed by atoms with Crippen molar-refractivity contribution in [1.82, 2.24) is 9.95 Å². The van der Waals surface area contributed by atoms with E-state index in [4.69, 9.17) is 0 Å². The van der Waals surface area contributed by atoms with Crippen molar-refractivity contribution in [2.24, 2.45) is 0 Å². The van der Waals surface area contributed by atoms with Crippen molar-refractivity contribution < 1.29 is 4.00 Å². The van der Waals surface area contributed by atoms with Crippen LogP contribution >= 0.6 is 23.9 Å². The molecule has 1 N–H and O–H groups in total. The van der Waals surface area contributed by atoms with Crippen molar-refractivity contribution >= 4 is 23.9 Å². The number of hydrazine groups is 1. The van der Waals surface area contributed by atoms with Crippen LogP contribution in [-0.4, -0.2) is 33.5 Å². The van der Waals surface area contributed by atoms with Gasteiger partial charge in [-0.3, -0.25) is 0 Å². The quantitative estimate of drug-likeness (QED) is 0.660. The van der Waals surface area contributed by atoms with E-state index in [0.717, 1.165) is 16.6 Å². The molecule has 0 spiro atoms. The van der Waals surface area contributed by atoms with Crippen LogP contribution in [0.1, 0.15) is 43.7 Å². The second-order valence-corrected chi connectivity index (χ2v) is 7.73. The number of benzene rings is 1. The highest BCUT2D eigenvalue weighted by molar-refractivity contribution is 7.96. The molecule has 0 aromatic heterocycles. The van der Waals surface area contributed by atoms with E-state index in [1.807, 2.05) is 11.9 Å². The lowest BCUT2D eigenvalue weighted by molar-refractivity contribution is -0.890. The van der Waals surface area contributed by atoms with Gasteiger partial charge in [-0.1, -0.05) is 54.2 Å². The number of hydrogen-bond acceptors (Lipinski definition) is 4. The smallest absolute Gasteiger partial charge is 0.160 e. The van der Waals surface area contributed by atoms with Gasteiger partial charge in [-0.15, -0.1) is 4.41 Å². The molecule has 5 heteroatoms. The van der Waals surface area contributed by atoms with Gasteiger partial charge in [-0.05, 0) is 19.1 Å². The highest BCUT2D eigenvalue weighted by Crippen LogP contribution is 2.46. The van der Waals surface area contributed by atoms with E-state index >= 15 is 0 Å². The van der Waals surface area contributed by atoms with Gasteiger partial charge < -0.3 is 0 Å². The summed E-state index contributed by atoms with van der Waals surface area (Å²) in [4.78, 5) is 0. The second-order valence-electron chi connectivity index (χ2n) is 5.95. The predicted molar refractivity (Wildman–Crippen MR) is 93.2 cm³/mol. The first kappa shape index (κ1) is 15.7. The summed E-state index contributed by atoms with van der Waals surface area (Å²) in [5.74, 6) is 0. The SMILES string of the molecule is CSN1CC(c2ccccc2)[N+](SC)(C2CCCCC2)N1. The van der Waals surface area contributed by atoms with Crippen molar-refractivity contribution in [3.8, 4) is 0 Å². The average Bonchev–Trinajstić information content (AvgIpc) is 2.97. The van der Waals surface area contributed by atoms with Gasteiger partial charge in [0.2, 0.25) is 0 Å². The molecule has 1 heterocycles. The minimum atomic E-state index is 0.511. The maximum Gasteiger partial charge on any atom is 0.160 e. The summed E-state index contributed by atoms with van der Waals surface area (Å²) in [5, 5.41) is 0. The molecule has 2 unspecified atom stereocenters. The van der Waals surface area contributed by atoms with Gasteiger partial charge in [0, 0.05) is 24.7 Å². The molecule has 0 bridgehead atoms. The fraction of sp³-hybridized carbons (Fsp3) is 0.625. The van der Waals surface area contributed by atoms with E-state index in [-0.39, 0.29) is 0 Å². The van der Waals surface area contributed by atoms with Crippen molar-refractivity contribution in [1.29, 1.82) is 0 Å². The van der Waals surface area contributed by atoms with Crippen molar-refractivity contribution in [3.63, 3.8) is 0 Å². The molecule has 21 heavy (non-hydrogen) atoms. The van der Waals surface area contributed by atoms with Crippen LogP contribution in [0.3, 0.4) is 0 Å². The zero-order valence-corrected chi connectivity index (χ0v) is 14.6. The van der Waals surface area contributed by atoms with Crippen LogP contribution in [-0.2, 0) is 0 Å². The molecular weight excluding hydrogens is 298 g/mol. The van der Waals surface area contributed by atoms with E-state index in [2.05, 4.69) is 52.8 Å². The van der Waals surface area contributed by atoms with Gasteiger partial charge in [0.25, 0.3) is 0 Å². The van der Waals surface area contributed by atoms with Crippen LogP contribution in [0.2, 0.25) is 0 Å². The number of nitrogens with zero attached hydrogens (tertiary/aromatic N) is 2. The first-order valence-corrected chi connectivity index (χ1v) is 10.2. The molecule has 1 aliphatic heterocycles. The highest BCUT2D eigenvalue weighted by atomic mass is 32.2. The van der Waals surface area contributed by atoms with Gasteiger partial charge in [0.1, 0.15) is 6.04 Å². The van der Waals surface area contributed by atoms with Crippen LogP contribution < -0.4 is 5.53 Å². The largest absolute Gasteiger partial charge is 0.161 e. The molecular formula is C16H26N3S2+. The predicted octanol–water partition coefficient (Wildman–Crippen LogP) is 4.17. The molecule has 1 aromatic rings. The van der Waals surface area contributed by atoms with Gasteiger partial charge >= 0.3 is 0 Å². The minimum absolute atomic E-state index is 0.511. The summed E-state index contributed by atoms with van der Waals surface area (Å²) in [7, 11) is 0. The fourth-order valence-corrected chi connectivity index (χ4v) is 5.49. The van der Waals surface area contributed by atoms with E-state index in [1.165, 1.54) is 37.7 Å². The summed E-state index contributed by atoms with van der Waals surface area (Å²) in [6, 6.07) is 12.3. The zero-order valence-electron chi connectivity index (χ0n) is 13.0. The number of nitrogens with one attached hydrogen (secondary N) is 1. The molecule has 1 saturated heterocycles. The van der Waals surface area contributed by atoms with Crippen molar-refractivity contribution in [2.45, 2.75) is 44.2 Å². The molecule has 1 aliphatic carbocycles. The van der Waals surface area contributed by atoms with Gasteiger partial charge in [-0.2, -0.15) is 4.00 Å². The number of quaternary nitrogens is 1. The molecule has 2 aliphatic rings. The molecule has 2 fully saturated rings.